The van der Waals surface area contributed by atoms with Gasteiger partial charge in [0.25, 0.3) is 17.7 Å². The monoisotopic (exact) mass is 446 g/mol. The molecule has 4 rings (SSSR count). The highest BCUT2D eigenvalue weighted by atomic mass is 16.5. The fraction of sp³-hybridized carbons (Fsp3) is 0.160. The van der Waals surface area contributed by atoms with E-state index in [4.69, 9.17) is 14.2 Å². The summed E-state index contributed by atoms with van der Waals surface area (Å²) >= 11 is 0. The Hall–Kier alpha value is -4.33. The molecule has 0 atom stereocenters. The number of nitrogens with zero attached hydrogens (tertiary/aromatic N) is 1. The van der Waals surface area contributed by atoms with Gasteiger partial charge in [0.2, 0.25) is 0 Å². The Balaban J connectivity index is 1.54. The van der Waals surface area contributed by atoms with Crippen molar-refractivity contribution < 1.29 is 28.6 Å². The van der Waals surface area contributed by atoms with Gasteiger partial charge in [-0.3, -0.25) is 14.4 Å². The van der Waals surface area contributed by atoms with Gasteiger partial charge < -0.3 is 19.5 Å². The number of carbonyl (C=O) groups excluding carboxylic acids is 3. The molecule has 1 N–H and O–H groups in total. The van der Waals surface area contributed by atoms with Crippen LogP contribution in [0, 0.1) is 0 Å². The van der Waals surface area contributed by atoms with Gasteiger partial charge in [0, 0.05) is 23.7 Å². The van der Waals surface area contributed by atoms with Crippen molar-refractivity contribution in [3.05, 3.63) is 82.9 Å². The number of nitrogens with one attached hydrogen (secondary N) is 1. The molecule has 0 saturated heterocycles. The molecule has 3 aromatic rings. The van der Waals surface area contributed by atoms with Crippen molar-refractivity contribution in [2.75, 3.05) is 26.2 Å². The van der Waals surface area contributed by atoms with Gasteiger partial charge >= 0.3 is 0 Å². The van der Waals surface area contributed by atoms with Gasteiger partial charge in [0.1, 0.15) is 5.75 Å². The lowest BCUT2D eigenvalue weighted by Gasteiger charge is -2.16. The van der Waals surface area contributed by atoms with Gasteiger partial charge in [-0.2, -0.15) is 0 Å². The van der Waals surface area contributed by atoms with Crippen LogP contribution in [-0.2, 0) is 6.54 Å². The van der Waals surface area contributed by atoms with Crippen molar-refractivity contribution in [1.82, 2.24) is 5.32 Å². The molecule has 1 aliphatic rings. The molecule has 0 unspecified atom stereocenters. The zero-order valence-electron chi connectivity index (χ0n) is 18.4. The van der Waals surface area contributed by atoms with Crippen LogP contribution in [0.1, 0.15) is 36.6 Å². The normalized spacial score (nSPS) is 12.4. The van der Waals surface area contributed by atoms with E-state index in [1.165, 1.54) is 27.4 Å². The van der Waals surface area contributed by atoms with E-state index in [0.29, 0.717) is 45.2 Å². The molecule has 0 radical (unpaired) electrons. The Kier molecular flexibility index (Phi) is 5.99. The molecule has 8 nitrogen and oxygen atoms in total. The molecule has 0 aromatic heterocycles. The highest BCUT2D eigenvalue weighted by Crippen LogP contribution is 2.34. The number of ether oxygens (including phenoxy) is 3. The number of hydrogen-bond donors (Lipinski definition) is 1. The highest BCUT2D eigenvalue weighted by Gasteiger charge is 2.36. The van der Waals surface area contributed by atoms with Crippen LogP contribution in [0.15, 0.2) is 60.7 Å². The summed E-state index contributed by atoms with van der Waals surface area (Å²) in [6.45, 7) is 0.166. The van der Waals surface area contributed by atoms with Crippen molar-refractivity contribution in [3.63, 3.8) is 0 Å². The number of fused-ring (bicyclic) bond motifs is 1. The van der Waals surface area contributed by atoms with Crippen molar-refractivity contribution in [1.29, 1.82) is 0 Å². The van der Waals surface area contributed by atoms with Crippen molar-refractivity contribution in [2.24, 2.45) is 0 Å². The molecule has 0 aliphatic carbocycles. The third-order valence-corrected chi connectivity index (χ3v) is 5.39. The standard InChI is InChI=1S/C25H22N2O6/c1-31-20-13-22(33-3)21(32-2)12-16(20)14-26-23(28)15-7-6-8-17(11-15)27-24(29)18-9-4-5-10-19(18)25(27)30/h4-13H,14H2,1-3H3,(H,26,28). The molecule has 1 aliphatic heterocycles. The molecule has 8 heteroatoms. The lowest BCUT2D eigenvalue weighted by atomic mass is 10.1. The minimum absolute atomic E-state index is 0.166. The molecule has 0 fully saturated rings. The number of benzene rings is 3. The Morgan fingerprint density at radius 1 is 0.788 bits per heavy atom. The number of anilines is 1. The minimum Gasteiger partial charge on any atom is -0.496 e. The summed E-state index contributed by atoms with van der Waals surface area (Å²) in [6.07, 6.45) is 0. The van der Waals surface area contributed by atoms with Crippen LogP contribution >= 0.6 is 0 Å². The Labute approximate surface area is 190 Å². The molecule has 33 heavy (non-hydrogen) atoms. The lowest BCUT2D eigenvalue weighted by Crippen LogP contribution is -2.30. The predicted octanol–water partition coefficient (Wildman–Crippen LogP) is 3.44. The van der Waals surface area contributed by atoms with Crippen molar-refractivity contribution in [2.45, 2.75) is 6.54 Å². The molecule has 0 bridgehead atoms. The van der Waals surface area contributed by atoms with Crippen LogP contribution in [-0.4, -0.2) is 39.1 Å². The maximum absolute atomic E-state index is 12.8. The second-order valence-electron chi connectivity index (χ2n) is 7.24. The quantitative estimate of drug-likeness (QED) is 0.559. The van der Waals surface area contributed by atoms with E-state index in [9.17, 15) is 14.4 Å². The fourth-order valence-electron chi connectivity index (χ4n) is 3.72. The molecule has 1 heterocycles. The number of amides is 3. The Morgan fingerprint density at radius 3 is 2.00 bits per heavy atom. The summed E-state index contributed by atoms with van der Waals surface area (Å²) in [5, 5.41) is 2.83. The van der Waals surface area contributed by atoms with Gasteiger partial charge in [-0.15, -0.1) is 0 Å². The smallest absolute Gasteiger partial charge is 0.266 e. The molecule has 3 amide bonds. The van der Waals surface area contributed by atoms with Gasteiger partial charge in [-0.1, -0.05) is 18.2 Å². The van der Waals surface area contributed by atoms with Crippen LogP contribution in [0.25, 0.3) is 0 Å². The average Bonchev–Trinajstić information content (AvgIpc) is 3.11. The maximum Gasteiger partial charge on any atom is 0.266 e. The number of rotatable bonds is 7. The first-order chi connectivity index (χ1) is 16.0. The third-order valence-electron chi connectivity index (χ3n) is 5.39. The van der Waals surface area contributed by atoms with E-state index in [-0.39, 0.29) is 12.5 Å². The van der Waals surface area contributed by atoms with E-state index in [0.717, 1.165) is 4.90 Å². The van der Waals surface area contributed by atoms with Crippen LogP contribution in [0.5, 0.6) is 17.2 Å². The molecule has 168 valence electrons. The number of imide groups is 1. The Bertz CT molecular complexity index is 1220. The van der Waals surface area contributed by atoms with Gasteiger partial charge in [-0.05, 0) is 36.4 Å². The fourth-order valence-corrected chi connectivity index (χ4v) is 3.72. The average molecular weight is 446 g/mol. The summed E-state index contributed by atoms with van der Waals surface area (Å²) < 4.78 is 16.0. The van der Waals surface area contributed by atoms with Crippen molar-refractivity contribution >= 4 is 23.4 Å². The zero-order valence-corrected chi connectivity index (χ0v) is 18.4. The predicted molar refractivity (Wildman–Crippen MR) is 121 cm³/mol. The summed E-state index contributed by atoms with van der Waals surface area (Å²) in [5.74, 6) is 0.359. The maximum atomic E-state index is 12.8. The van der Waals surface area contributed by atoms with E-state index in [2.05, 4.69) is 5.32 Å². The van der Waals surface area contributed by atoms with E-state index >= 15 is 0 Å². The summed E-state index contributed by atoms with van der Waals surface area (Å²) in [7, 11) is 4.58. The van der Waals surface area contributed by atoms with Crippen LogP contribution in [0.3, 0.4) is 0 Å². The molecule has 0 spiro atoms. The van der Waals surface area contributed by atoms with Gasteiger partial charge in [-0.25, -0.2) is 4.90 Å². The first-order valence-corrected chi connectivity index (χ1v) is 10.1. The second-order valence-corrected chi connectivity index (χ2v) is 7.24. The third kappa shape index (κ3) is 3.98. The molecular weight excluding hydrogens is 424 g/mol. The van der Waals surface area contributed by atoms with E-state index < -0.39 is 11.8 Å². The molecule has 0 saturated carbocycles. The lowest BCUT2D eigenvalue weighted by molar-refractivity contribution is 0.0919. The minimum atomic E-state index is -0.414. The molecular formula is C25H22N2O6. The van der Waals surface area contributed by atoms with Crippen LogP contribution in [0.4, 0.5) is 5.69 Å². The molecule has 3 aromatic carbocycles. The number of carbonyl (C=O) groups is 3. The van der Waals surface area contributed by atoms with E-state index in [1.807, 2.05) is 0 Å². The number of hydrogen-bond acceptors (Lipinski definition) is 6. The topological polar surface area (TPSA) is 94.2 Å². The largest absolute Gasteiger partial charge is 0.496 e. The SMILES string of the molecule is COc1cc(OC)c(OC)cc1CNC(=O)c1cccc(N2C(=O)c3ccccc3C2=O)c1. The second kappa shape index (κ2) is 9.04. The number of methoxy groups -OCH3 is 3. The van der Waals surface area contributed by atoms with E-state index in [1.54, 1.807) is 54.6 Å². The van der Waals surface area contributed by atoms with Crippen LogP contribution < -0.4 is 24.4 Å². The first-order valence-electron chi connectivity index (χ1n) is 10.1. The zero-order chi connectivity index (χ0) is 23.5. The summed E-state index contributed by atoms with van der Waals surface area (Å²) in [5.41, 5.74) is 2.02. The van der Waals surface area contributed by atoms with Crippen molar-refractivity contribution in [3.8, 4) is 17.2 Å². The van der Waals surface area contributed by atoms with Gasteiger partial charge in [0.05, 0.1) is 38.1 Å². The first kappa shape index (κ1) is 21.9. The van der Waals surface area contributed by atoms with Gasteiger partial charge in [0.15, 0.2) is 11.5 Å². The summed E-state index contributed by atoms with van der Waals surface area (Å²) in [6, 6.07) is 16.4. The summed E-state index contributed by atoms with van der Waals surface area (Å²) in [4.78, 5) is 39.4. The van der Waals surface area contributed by atoms with Crippen LogP contribution in [0.2, 0.25) is 0 Å². The Morgan fingerprint density at radius 2 is 1.39 bits per heavy atom. The highest BCUT2D eigenvalue weighted by molar-refractivity contribution is 6.34.